The second kappa shape index (κ2) is 4.79. The highest BCUT2D eigenvalue weighted by molar-refractivity contribution is 7.98. The average molecular weight is 222 g/mol. The number of anilines is 2. The first kappa shape index (κ1) is 10.7. The molecule has 0 aliphatic carbocycles. The van der Waals surface area contributed by atoms with Crippen molar-refractivity contribution in [2.45, 2.75) is 12.8 Å². The Morgan fingerprint density at radius 2 is 2.33 bits per heavy atom. The molecule has 15 heavy (non-hydrogen) atoms. The molecule has 0 saturated heterocycles. The minimum Gasteiger partial charge on any atom is -0.397 e. The number of fused-ring (bicyclic) bond motifs is 1. The zero-order valence-electron chi connectivity index (χ0n) is 9.20. The van der Waals surface area contributed by atoms with Crippen molar-refractivity contribution in [1.82, 2.24) is 0 Å². The van der Waals surface area contributed by atoms with Gasteiger partial charge in [0.15, 0.2) is 0 Å². The van der Waals surface area contributed by atoms with Gasteiger partial charge in [-0.15, -0.1) is 0 Å². The van der Waals surface area contributed by atoms with E-state index in [4.69, 9.17) is 5.73 Å². The highest BCUT2D eigenvalue weighted by atomic mass is 32.2. The molecular weight excluding hydrogens is 204 g/mol. The number of benzene rings is 1. The van der Waals surface area contributed by atoms with Crippen LogP contribution in [0.25, 0.3) is 0 Å². The Labute approximate surface area is 95.8 Å². The lowest BCUT2D eigenvalue weighted by molar-refractivity contribution is 0.802. The smallest absolute Gasteiger partial charge is 0.0633 e. The van der Waals surface area contributed by atoms with Crippen molar-refractivity contribution in [3.8, 4) is 0 Å². The Morgan fingerprint density at radius 3 is 3.13 bits per heavy atom. The summed E-state index contributed by atoms with van der Waals surface area (Å²) in [5.41, 5.74) is 9.66. The van der Waals surface area contributed by atoms with Gasteiger partial charge in [0.25, 0.3) is 0 Å². The summed E-state index contributed by atoms with van der Waals surface area (Å²) < 4.78 is 0. The number of para-hydroxylation sites is 1. The van der Waals surface area contributed by atoms with Crippen LogP contribution in [0.1, 0.15) is 12.0 Å². The fourth-order valence-corrected chi connectivity index (χ4v) is 2.61. The standard InChI is InChI=1S/C12H18N2S/c1-15-9-3-7-14-8-6-10-4-2-5-11(13)12(10)14/h2,4-5H,3,6-9,13H2,1H3. The summed E-state index contributed by atoms with van der Waals surface area (Å²) in [6.45, 7) is 2.28. The number of rotatable bonds is 4. The van der Waals surface area contributed by atoms with E-state index >= 15 is 0 Å². The summed E-state index contributed by atoms with van der Waals surface area (Å²) in [6, 6.07) is 6.26. The molecule has 0 fully saturated rings. The molecule has 1 aromatic carbocycles. The highest BCUT2D eigenvalue weighted by Crippen LogP contribution is 2.33. The third-order valence-electron chi connectivity index (χ3n) is 2.89. The molecule has 0 bridgehead atoms. The number of nitrogen functional groups attached to an aromatic ring is 1. The maximum atomic E-state index is 6.02. The van der Waals surface area contributed by atoms with Gasteiger partial charge in [-0.3, -0.25) is 0 Å². The van der Waals surface area contributed by atoms with Crippen LogP contribution >= 0.6 is 11.8 Å². The molecule has 0 atom stereocenters. The predicted octanol–water partition coefficient (Wildman–Crippen LogP) is 2.38. The lowest BCUT2D eigenvalue weighted by Crippen LogP contribution is -2.22. The molecule has 2 N–H and O–H groups in total. The number of hydrogen-bond donors (Lipinski definition) is 1. The van der Waals surface area contributed by atoms with Gasteiger partial charge in [-0.25, -0.2) is 0 Å². The van der Waals surface area contributed by atoms with E-state index < -0.39 is 0 Å². The van der Waals surface area contributed by atoms with E-state index in [1.165, 1.54) is 23.4 Å². The van der Waals surface area contributed by atoms with Gasteiger partial charge in [-0.1, -0.05) is 12.1 Å². The van der Waals surface area contributed by atoms with E-state index in [1.807, 2.05) is 17.8 Å². The van der Waals surface area contributed by atoms with Gasteiger partial charge in [0.05, 0.1) is 11.4 Å². The number of nitrogens with two attached hydrogens (primary N) is 1. The molecule has 0 aromatic heterocycles. The van der Waals surface area contributed by atoms with Gasteiger partial charge in [0, 0.05) is 13.1 Å². The van der Waals surface area contributed by atoms with E-state index in [0.29, 0.717) is 0 Å². The zero-order valence-corrected chi connectivity index (χ0v) is 10.0. The fourth-order valence-electron chi connectivity index (χ4n) is 2.19. The van der Waals surface area contributed by atoms with Crippen molar-refractivity contribution in [3.05, 3.63) is 23.8 Å². The largest absolute Gasteiger partial charge is 0.397 e. The molecule has 3 heteroatoms. The normalized spacial score (nSPS) is 14.3. The topological polar surface area (TPSA) is 29.3 Å². The molecule has 1 aromatic rings. The minimum absolute atomic E-state index is 0.939. The molecule has 0 unspecified atom stereocenters. The van der Waals surface area contributed by atoms with Crippen molar-refractivity contribution < 1.29 is 0 Å². The van der Waals surface area contributed by atoms with Gasteiger partial charge in [0.2, 0.25) is 0 Å². The molecule has 0 radical (unpaired) electrons. The molecule has 2 rings (SSSR count). The summed E-state index contributed by atoms with van der Waals surface area (Å²) >= 11 is 1.91. The van der Waals surface area contributed by atoms with Crippen molar-refractivity contribution in [2.75, 3.05) is 35.7 Å². The monoisotopic (exact) mass is 222 g/mol. The Hall–Kier alpha value is -0.830. The van der Waals surface area contributed by atoms with Crippen molar-refractivity contribution in [2.24, 2.45) is 0 Å². The van der Waals surface area contributed by atoms with Crippen LogP contribution < -0.4 is 10.6 Å². The lowest BCUT2D eigenvalue weighted by Gasteiger charge is -2.20. The minimum atomic E-state index is 0.939. The second-order valence-corrected chi connectivity index (χ2v) is 4.92. The maximum Gasteiger partial charge on any atom is 0.0633 e. The first-order chi connectivity index (χ1) is 7.33. The molecule has 2 nitrogen and oxygen atoms in total. The Kier molecular flexibility index (Phi) is 3.41. The van der Waals surface area contributed by atoms with Gasteiger partial charge in [-0.05, 0) is 36.5 Å². The summed E-state index contributed by atoms with van der Waals surface area (Å²) in [5.74, 6) is 1.23. The fraction of sp³-hybridized carbons (Fsp3) is 0.500. The van der Waals surface area contributed by atoms with Crippen molar-refractivity contribution in [1.29, 1.82) is 0 Å². The lowest BCUT2D eigenvalue weighted by atomic mass is 10.1. The van der Waals surface area contributed by atoms with E-state index in [0.717, 1.165) is 25.2 Å². The second-order valence-electron chi connectivity index (χ2n) is 3.94. The molecule has 1 heterocycles. The van der Waals surface area contributed by atoms with E-state index in [-0.39, 0.29) is 0 Å². The third-order valence-corrected chi connectivity index (χ3v) is 3.59. The van der Waals surface area contributed by atoms with Crippen LogP contribution in [0.2, 0.25) is 0 Å². The van der Waals surface area contributed by atoms with Crippen molar-refractivity contribution in [3.63, 3.8) is 0 Å². The van der Waals surface area contributed by atoms with Gasteiger partial charge < -0.3 is 10.6 Å². The highest BCUT2D eigenvalue weighted by Gasteiger charge is 2.20. The molecule has 1 aliphatic heterocycles. The Bertz CT molecular complexity index is 338. The van der Waals surface area contributed by atoms with Gasteiger partial charge >= 0.3 is 0 Å². The van der Waals surface area contributed by atoms with Crippen LogP contribution in [-0.2, 0) is 6.42 Å². The van der Waals surface area contributed by atoms with Crippen LogP contribution in [0.3, 0.4) is 0 Å². The molecule has 82 valence electrons. The molecule has 1 aliphatic rings. The van der Waals surface area contributed by atoms with Crippen LogP contribution in [0.5, 0.6) is 0 Å². The van der Waals surface area contributed by atoms with Gasteiger partial charge in [-0.2, -0.15) is 11.8 Å². The van der Waals surface area contributed by atoms with Crippen LogP contribution in [0.4, 0.5) is 11.4 Å². The quantitative estimate of drug-likeness (QED) is 0.626. The number of nitrogens with zero attached hydrogens (tertiary/aromatic N) is 1. The van der Waals surface area contributed by atoms with E-state index in [2.05, 4.69) is 23.3 Å². The summed E-state index contributed by atoms with van der Waals surface area (Å²) in [7, 11) is 0. The summed E-state index contributed by atoms with van der Waals surface area (Å²) in [6.07, 6.45) is 4.56. The number of hydrogen-bond acceptors (Lipinski definition) is 3. The van der Waals surface area contributed by atoms with E-state index in [1.54, 1.807) is 0 Å². The Morgan fingerprint density at radius 1 is 1.47 bits per heavy atom. The van der Waals surface area contributed by atoms with Crippen molar-refractivity contribution >= 4 is 23.1 Å². The first-order valence-corrected chi connectivity index (χ1v) is 6.83. The summed E-state index contributed by atoms with van der Waals surface area (Å²) in [5, 5.41) is 0. The zero-order chi connectivity index (χ0) is 10.7. The summed E-state index contributed by atoms with van der Waals surface area (Å²) in [4.78, 5) is 2.43. The van der Waals surface area contributed by atoms with Crippen LogP contribution in [0.15, 0.2) is 18.2 Å². The SMILES string of the molecule is CSCCCN1CCc2cccc(N)c21. The van der Waals surface area contributed by atoms with Crippen LogP contribution in [-0.4, -0.2) is 25.1 Å². The first-order valence-electron chi connectivity index (χ1n) is 5.44. The predicted molar refractivity (Wildman–Crippen MR) is 69.8 cm³/mol. The third kappa shape index (κ3) is 2.23. The maximum absolute atomic E-state index is 6.02. The van der Waals surface area contributed by atoms with Crippen LogP contribution in [0, 0.1) is 0 Å². The molecule has 0 spiro atoms. The molecule has 0 saturated carbocycles. The number of thioether (sulfide) groups is 1. The Balaban J connectivity index is 2.07. The molecular formula is C12H18N2S. The van der Waals surface area contributed by atoms with Gasteiger partial charge in [0.1, 0.15) is 0 Å². The molecule has 0 amide bonds. The average Bonchev–Trinajstić information content (AvgIpc) is 2.63. The van der Waals surface area contributed by atoms with E-state index in [9.17, 15) is 0 Å².